The Bertz CT molecular complexity index is 428. The van der Waals surface area contributed by atoms with Crippen LogP contribution in [0.5, 0.6) is 0 Å². The summed E-state index contributed by atoms with van der Waals surface area (Å²) in [6, 6.07) is 4.73. The molecule has 6 heteroatoms. The van der Waals surface area contributed by atoms with Gasteiger partial charge in [-0.2, -0.15) is 13.2 Å². The Morgan fingerprint density at radius 1 is 1.29 bits per heavy atom. The molecular weight excluding hydrogens is 238 g/mol. The molecule has 0 aliphatic heterocycles. The van der Waals surface area contributed by atoms with E-state index in [0.717, 1.165) is 5.56 Å². The van der Waals surface area contributed by atoms with Crippen molar-refractivity contribution in [3.05, 3.63) is 29.3 Å². The lowest BCUT2D eigenvalue weighted by atomic mass is 10.1. The second-order valence-electron chi connectivity index (χ2n) is 3.71. The number of anilines is 1. The number of carbonyl (C=O) groups is 1. The fourth-order valence-electron chi connectivity index (χ4n) is 1.30. The smallest absolute Gasteiger partial charge is 0.323 e. The summed E-state index contributed by atoms with van der Waals surface area (Å²) >= 11 is 0. The van der Waals surface area contributed by atoms with Gasteiger partial charge in [0.1, 0.15) is 0 Å². The Hall–Kier alpha value is -1.59. The average molecular weight is 249 g/mol. The molecule has 1 aromatic rings. The number of hydrogen-bond donors (Lipinski definition) is 1. The summed E-state index contributed by atoms with van der Waals surface area (Å²) < 4.78 is 48.5. The topological polar surface area (TPSA) is 29.1 Å². The third kappa shape index (κ3) is 3.44. The molecule has 0 saturated heterocycles. The van der Waals surface area contributed by atoms with Gasteiger partial charge in [-0.3, -0.25) is 4.79 Å². The zero-order valence-electron chi connectivity index (χ0n) is 9.23. The van der Waals surface area contributed by atoms with Crippen LogP contribution in [0, 0.1) is 13.8 Å². The highest BCUT2D eigenvalue weighted by molar-refractivity contribution is 5.95. The lowest BCUT2D eigenvalue weighted by Crippen LogP contribution is -2.36. The first kappa shape index (κ1) is 13.5. The number of rotatable bonds is 2. The molecule has 17 heavy (non-hydrogen) atoms. The monoisotopic (exact) mass is 249 g/mol. The van der Waals surface area contributed by atoms with E-state index in [4.69, 9.17) is 0 Å². The summed E-state index contributed by atoms with van der Waals surface area (Å²) in [5.74, 6) is -1.70. The molecule has 0 spiro atoms. The van der Waals surface area contributed by atoms with Crippen molar-refractivity contribution in [2.24, 2.45) is 0 Å². The fourth-order valence-corrected chi connectivity index (χ4v) is 1.30. The molecule has 0 aromatic heterocycles. The van der Waals surface area contributed by atoms with Crippen molar-refractivity contribution >= 4 is 11.6 Å². The molecule has 1 unspecified atom stereocenters. The predicted molar refractivity (Wildman–Crippen MR) is 55.5 cm³/mol. The van der Waals surface area contributed by atoms with Crippen LogP contribution >= 0.6 is 0 Å². The molecule has 0 radical (unpaired) electrons. The van der Waals surface area contributed by atoms with Gasteiger partial charge in [-0.15, -0.1) is 0 Å². The maximum absolute atomic E-state index is 12.7. The highest BCUT2D eigenvalue weighted by Gasteiger charge is 2.45. The van der Waals surface area contributed by atoms with Gasteiger partial charge in [0, 0.05) is 5.69 Å². The summed E-state index contributed by atoms with van der Waals surface area (Å²) in [7, 11) is 0. The third-order valence-electron chi connectivity index (χ3n) is 2.16. The van der Waals surface area contributed by atoms with Gasteiger partial charge in [0.2, 0.25) is 0 Å². The maximum Gasteiger partial charge on any atom is 0.428 e. The molecular formula is C11H11F4NO. The molecule has 1 aromatic carbocycles. The lowest BCUT2D eigenvalue weighted by molar-refractivity contribution is -0.183. The zero-order chi connectivity index (χ0) is 13.2. The van der Waals surface area contributed by atoms with Crippen molar-refractivity contribution in [2.45, 2.75) is 26.2 Å². The fraction of sp³-hybridized carbons (Fsp3) is 0.364. The number of halogens is 4. The van der Waals surface area contributed by atoms with E-state index in [1.165, 1.54) is 6.07 Å². The first-order valence-corrected chi connectivity index (χ1v) is 4.80. The number of hydrogen-bond acceptors (Lipinski definition) is 1. The Morgan fingerprint density at radius 3 is 2.35 bits per heavy atom. The van der Waals surface area contributed by atoms with Crippen LogP contribution in [0.1, 0.15) is 11.1 Å². The van der Waals surface area contributed by atoms with Gasteiger partial charge in [-0.1, -0.05) is 17.7 Å². The molecule has 94 valence electrons. The summed E-state index contributed by atoms with van der Waals surface area (Å²) in [6.45, 7) is 3.41. The van der Waals surface area contributed by atoms with E-state index in [9.17, 15) is 22.4 Å². The second kappa shape index (κ2) is 4.73. The van der Waals surface area contributed by atoms with Crippen molar-refractivity contribution in [2.75, 3.05) is 5.32 Å². The van der Waals surface area contributed by atoms with Crippen molar-refractivity contribution in [1.29, 1.82) is 0 Å². The largest absolute Gasteiger partial charge is 0.428 e. The van der Waals surface area contributed by atoms with E-state index in [-0.39, 0.29) is 5.69 Å². The molecule has 0 heterocycles. The van der Waals surface area contributed by atoms with Gasteiger partial charge >= 0.3 is 6.18 Å². The number of carbonyl (C=O) groups excluding carboxylic acids is 1. The zero-order valence-corrected chi connectivity index (χ0v) is 9.23. The molecule has 0 fully saturated rings. The normalized spacial score (nSPS) is 13.3. The molecule has 1 N–H and O–H groups in total. The first-order valence-electron chi connectivity index (χ1n) is 4.80. The predicted octanol–water partition coefficient (Wildman–Crippen LogP) is 3.14. The number of amides is 1. The van der Waals surface area contributed by atoms with Crippen molar-refractivity contribution in [3.63, 3.8) is 0 Å². The van der Waals surface area contributed by atoms with Crippen LogP contribution in [0.3, 0.4) is 0 Å². The second-order valence-corrected chi connectivity index (χ2v) is 3.71. The summed E-state index contributed by atoms with van der Waals surface area (Å²) in [5, 5.41) is 1.91. The number of benzene rings is 1. The summed E-state index contributed by atoms with van der Waals surface area (Å²) in [4.78, 5) is 11.0. The minimum atomic E-state index is -5.18. The van der Waals surface area contributed by atoms with Gasteiger partial charge in [-0.25, -0.2) is 4.39 Å². The van der Waals surface area contributed by atoms with E-state index in [2.05, 4.69) is 0 Å². The number of alkyl halides is 4. The van der Waals surface area contributed by atoms with Gasteiger partial charge < -0.3 is 5.32 Å². The molecule has 1 amide bonds. The van der Waals surface area contributed by atoms with Gasteiger partial charge in [0.25, 0.3) is 12.1 Å². The van der Waals surface area contributed by atoms with Crippen molar-refractivity contribution < 1.29 is 22.4 Å². The molecule has 0 aliphatic rings. The minimum absolute atomic E-state index is 0.174. The quantitative estimate of drug-likeness (QED) is 0.801. The summed E-state index contributed by atoms with van der Waals surface area (Å²) in [5.41, 5.74) is 1.65. The van der Waals surface area contributed by atoms with Gasteiger partial charge in [0.15, 0.2) is 0 Å². The van der Waals surface area contributed by atoms with E-state index >= 15 is 0 Å². The van der Waals surface area contributed by atoms with E-state index < -0.39 is 18.3 Å². The number of nitrogens with one attached hydrogen (secondary N) is 1. The van der Waals surface area contributed by atoms with Gasteiger partial charge in [0.05, 0.1) is 0 Å². The van der Waals surface area contributed by atoms with Crippen LogP contribution in [0.15, 0.2) is 18.2 Å². The summed E-state index contributed by atoms with van der Waals surface area (Å²) in [6.07, 6.45) is -8.69. The molecule has 0 saturated carbocycles. The van der Waals surface area contributed by atoms with E-state index in [0.29, 0.717) is 5.56 Å². The number of aryl methyl sites for hydroxylation is 2. The van der Waals surface area contributed by atoms with Crippen LogP contribution in [0.25, 0.3) is 0 Å². The van der Waals surface area contributed by atoms with Crippen LogP contribution < -0.4 is 5.32 Å². The highest BCUT2D eigenvalue weighted by Crippen LogP contribution is 2.25. The SMILES string of the molecule is Cc1ccc(NC(=O)C(F)C(F)(F)F)c(C)c1. The van der Waals surface area contributed by atoms with Crippen molar-refractivity contribution in [3.8, 4) is 0 Å². The Labute approximate surface area is 95.6 Å². The highest BCUT2D eigenvalue weighted by atomic mass is 19.4. The van der Waals surface area contributed by atoms with Gasteiger partial charge in [-0.05, 0) is 25.5 Å². The Kier molecular flexibility index (Phi) is 3.75. The Balaban J connectivity index is 2.82. The van der Waals surface area contributed by atoms with Crippen LogP contribution in [-0.2, 0) is 4.79 Å². The Morgan fingerprint density at radius 2 is 1.88 bits per heavy atom. The minimum Gasteiger partial charge on any atom is -0.323 e. The molecule has 1 atom stereocenters. The molecule has 0 aliphatic carbocycles. The average Bonchev–Trinajstić information content (AvgIpc) is 2.19. The van der Waals surface area contributed by atoms with Crippen LogP contribution in [0.4, 0.5) is 23.2 Å². The first-order chi connectivity index (χ1) is 7.71. The third-order valence-corrected chi connectivity index (χ3v) is 2.16. The standard InChI is InChI=1S/C11H11F4NO/c1-6-3-4-8(7(2)5-6)16-10(17)9(12)11(13,14)15/h3-5,9H,1-2H3,(H,16,17). The maximum atomic E-state index is 12.7. The lowest BCUT2D eigenvalue weighted by Gasteiger charge is -2.14. The van der Waals surface area contributed by atoms with E-state index in [1.54, 1.807) is 26.0 Å². The van der Waals surface area contributed by atoms with Crippen LogP contribution in [0.2, 0.25) is 0 Å². The van der Waals surface area contributed by atoms with Crippen LogP contribution in [-0.4, -0.2) is 18.3 Å². The molecule has 1 rings (SSSR count). The van der Waals surface area contributed by atoms with E-state index in [1.807, 2.05) is 5.32 Å². The van der Waals surface area contributed by atoms with Crippen molar-refractivity contribution in [1.82, 2.24) is 0 Å². The molecule has 0 bridgehead atoms. The molecule has 2 nitrogen and oxygen atoms in total.